The first kappa shape index (κ1) is 20.4. The summed E-state index contributed by atoms with van der Waals surface area (Å²) in [6.07, 6.45) is 0. The van der Waals surface area contributed by atoms with Crippen LogP contribution in [0.5, 0.6) is 0 Å². The molecule has 0 aliphatic rings. The molecule has 0 spiro atoms. The number of halogens is 3. The summed E-state index contributed by atoms with van der Waals surface area (Å²) in [4.78, 5) is 17.3. The van der Waals surface area contributed by atoms with Crippen LogP contribution < -0.4 is 5.32 Å². The number of aromatic nitrogens is 3. The third-order valence-corrected chi connectivity index (χ3v) is 5.42. The number of benzene rings is 3. The zero-order valence-corrected chi connectivity index (χ0v) is 18.0. The molecule has 4 aromatic rings. The molecule has 0 saturated carbocycles. The maximum atomic E-state index is 12.8. The number of nitrogens with one attached hydrogen (secondary N) is 1. The van der Waals surface area contributed by atoms with E-state index in [1.807, 2.05) is 43.3 Å². The highest BCUT2D eigenvalue weighted by Crippen LogP contribution is 2.27. The third-order valence-electron chi connectivity index (χ3n) is 4.43. The number of carbonyl (C=O) groups is 1. The van der Waals surface area contributed by atoms with Crippen LogP contribution in [-0.4, -0.2) is 20.7 Å². The highest BCUT2D eigenvalue weighted by Gasteiger charge is 2.20. The van der Waals surface area contributed by atoms with Crippen LogP contribution in [0.25, 0.3) is 17.1 Å². The third kappa shape index (κ3) is 4.19. The van der Waals surface area contributed by atoms with Gasteiger partial charge in [0.05, 0.1) is 15.7 Å². The molecule has 30 heavy (non-hydrogen) atoms. The van der Waals surface area contributed by atoms with Crippen LogP contribution in [0.3, 0.4) is 0 Å². The number of para-hydroxylation sites is 1. The molecule has 1 amide bonds. The van der Waals surface area contributed by atoms with Gasteiger partial charge in [-0.2, -0.15) is 0 Å². The topological polar surface area (TPSA) is 59.8 Å². The van der Waals surface area contributed by atoms with Crippen molar-refractivity contribution in [3.05, 3.63) is 93.2 Å². The van der Waals surface area contributed by atoms with Crippen LogP contribution in [0.15, 0.2) is 66.7 Å². The molecule has 3 aromatic carbocycles. The maximum Gasteiger partial charge on any atom is 0.295 e. The summed E-state index contributed by atoms with van der Waals surface area (Å²) < 4.78 is 1.66. The smallest absolute Gasteiger partial charge is 0.295 e. The summed E-state index contributed by atoms with van der Waals surface area (Å²) >= 11 is 18.0. The van der Waals surface area contributed by atoms with E-state index in [1.165, 1.54) is 0 Å². The number of carbonyl (C=O) groups excluding carboxylic acids is 1. The number of rotatable bonds is 4. The Bertz CT molecular complexity index is 1240. The number of amides is 1. The largest absolute Gasteiger partial charge is 0.319 e. The second-order valence-corrected chi connectivity index (χ2v) is 7.80. The summed E-state index contributed by atoms with van der Waals surface area (Å²) in [5, 5.41) is 8.59. The maximum absolute atomic E-state index is 12.8. The number of aryl methyl sites for hydroxylation is 1. The van der Waals surface area contributed by atoms with Crippen molar-refractivity contribution < 1.29 is 4.79 Å². The molecule has 0 bridgehead atoms. The predicted octanol–water partition coefficient (Wildman–Crippen LogP) is 6.46. The van der Waals surface area contributed by atoms with Gasteiger partial charge in [-0.05, 0) is 61.0 Å². The van der Waals surface area contributed by atoms with Crippen molar-refractivity contribution >= 4 is 46.4 Å². The minimum atomic E-state index is -0.462. The van der Waals surface area contributed by atoms with Gasteiger partial charge in [-0.25, -0.2) is 9.67 Å². The van der Waals surface area contributed by atoms with Gasteiger partial charge in [-0.1, -0.05) is 53.0 Å². The van der Waals surface area contributed by atoms with E-state index in [9.17, 15) is 4.79 Å². The van der Waals surface area contributed by atoms with Crippen LogP contribution in [0, 0.1) is 6.92 Å². The van der Waals surface area contributed by atoms with Crippen LogP contribution in [0.4, 0.5) is 5.69 Å². The first-order valence-corrected chi connectivity index (χ1v) is 10.1. The molecule has 1 aromatic heterocycles. The predicted molar refractivity (Wildman–Crippen MR) is 121 cm³/mol. The van der Waals surface area contributed by atoms with Gasteiger partial charge < -0.3 is 5.32 Å². The van der Waals surface area contributed by atoms with Crippen molar-refractivity contribution in [2.45, 2.75) is 6.92 Å². The lowest BCUT2D eigenvalue weighted by Crippen LogP contribution is -2.14. The Balaban J connectivity index is 1.76. The van der Waals surface area contributed by atoms with Gasteiger partial charge in [-0.3, -0.25) is 4.79 Å². The molecule has 1 N–H and O–H groups in total. The van der Waals surface area contributed by atoms with Crippen molar-refractivity contribution in [2.24, 2.45) is 0 Å². The molecular formula is C22H15Cl3N4O. The first-order chi connectivity index (χ1) is 14.4. The van der Waals surface area contributed by atoms with Gasteiger partial charge in [0.15, 0.2) is 5.82 Å². The minimum Gasteiger partial charge on any atom is -0.319 e. The van der Waals surface area contributed by atoms with E-state index >= 15 is 0 Å². The normalized spacial score (nSPS) is 10.8. The van der Waals surface area contributed by atoms with Gasteiger partial charge in [0.1, 0.15) is 0 Å². The Morgan fingerprint density at radius 1 is 0.933 bits per heavy atom. The molecule has 0 unspecified atom stereocenters. The molecule has 4 rings (SSSR count). The van der Waals surface area contributed by atoms with E-state index in [-0.39, 0.29) is 5.82 Å². The second-order valence-electron chi connectivity index (χ2n) is 6.55. The molecule has 8 heteroatoms. The fourth-order valence-electron chi connectivity index (χ4n) is 2.92. The monoisotopic (exact) mass is 456 g/mol. The fraction of sp³-hybridized carbons (Fsp3) is 0.0455. The standard InChI is InChI=1S/C22H15Cl3N4O/c1-13-4-2-3-5-19(13)29-21(14-6-8-15(23)9-7-14)27-20(28-29)22(30)26-16-10-11-17(24)18(25)12-16/h2-12H,1H3,(H,26,30). The Hall–Kier alpha value is -2.86. The molecule has 0 saturated heterocycles. The highest BCUT2D eigenvalue weighted by molar-refractivity contribution is 6.42. The van der Waals surface area contributed by atoms with Crippen LogP contribution in [-0.2, 0) is 0 Å². The van der Waals surface area contributed by atoms with Gasteiger partial charge in [0, 0.05) is 16.3 Å². The molecule has 0 fully saturated rings. The molecular weight excluding hydrogens is 443 g/mol. The van der Waals surface area contributed by atoms with E-state index in [4.69, 9.17) is 34.8 Å². The van der Waals surface area contributed by atoms with Gasteiger partial charge in [0.2, 0.25) is 5.82 Å². The summed E-state index contributed by atoms with van der Waals surface area (Å²) in [5.41, 5.74) is 3.09. The van der Waals surface area contributed by atoms with Crippen LogP contribution in [0.2, 0.25) is 15.1 Å². The van der Waals surface area contributed by atoms with Crippen LogP contribution in [0.1, 0.15) is 16.2 Å². The summed E-state index contributed by atoms with van der Waals surface area (Å²) in [5.74, 6) is 0.0884. The minimum absolute atomic E-state index is 0.0225. The molecule has 0 atom stereocenters. The number of hydrogen-bond acceptors (Lipinski definition) is 3. The van der Waals surface area contributed by atoms with Crippen molar-refractivity contribution in [1.29, 1.82) is 0 Å². The molecule has 5 nitrogen and oxygen atoms in total. The van der Waals surface area contributed by atoms with E-state index in [1.54, 1.807) is 35.0 Å². The average molecular weight is 458 g/mol. The van der Waals surface area contributed by atoms with Gasteiger partial charge in [-0.15, -0.1) is 5.10 Å². The quantitative estimate of drug-likeness (QED) is 0.383. The Kier molecular flexibility index (Phi) is 5.77. The lowest BCUT2D eigenvalue weighted by atomic mass is 10.2. The molecule has 0 radical (unpaired) electrons. The van der Waals surface area contributed by atoms with Crippen molar-refractivity contribution in [2.75, 3.05) is 5.32 Å². The zero-order chi connectivity index (χ0) is 21.3. The number of anilines is 1. The number of nitrogens with zero attached hydrogens (tertiary/aromatic N) is 3. The molecule has 1 heterocycles. The van der Waals surface area contributed by atoms with E-state index in [0.29, 0.717) is 26.6 Å². The van der Waals surface area contributed by atoms with Crippen LogP contribution >= 0.6 is 34.8 Å². The van der Waals surface area contributed by atoms with Gasteiger partial charge >= 0.3 is 0 Å². The van der Waals surface area contributed by atoms with Gasteiger partial charge in [0.25, 0.3) is 5.91 Å². The van der Waals surface area contributed by atoms with Crippen molar-refractivity contribution in [3.8, 4) is 17.1 Å². The lowest BCUT2D eigenvalue weighted by Gasteiger charge is -2.08. The van der Waals surface area contributed by atoms with E-state index in [0.717, 1.165) is 16.8 Å². The van der Waals surface area contributed by atoms with Crippen molar-refractivity contribution in [1.82, 2.24) is 14.8 Å². The Morgan fingerprint density at radius 2 is 1.67 bits per heavy atom. The van der Waals surface area contributed by atoms with Crippen molar-refractivity contribution in [3.63, 3.8) is 0 Å². The zero-order valence-electron chi connectivity index (χ0n) is 15.7. The lowest BCUT2D eigenvalue weighted by molar-refractivity contribution is 0.101. The Morgan fingerprint density at radius 3 is 2.37 bits per heavy atom. The summed E-state index contributed by atoms with van der Waals surface area (Å²) in [6, 6.07) is 19.8. The molecule has 0 aliphatic carbocycles. The molecule has 150 valence electrons. The molecule has 0 aliphatic heterocycles. The number of hydrogen-bond donors (Lipinski definition) is 1. The summed E-state index contributed by atoms with van der Waals surface area (Å²) in [6.45, 7) is 1.97. The summed E-state index contributed by atoms with van der Waals surface area (Å²) in [7, 11) is 0. The van der Waals surface area contributed by atoms with E-state index in [2.05, 4.69) is 15.4 Å². The van der Waals surface area contributed by atoms with E-state index < -0.39 is 5.91 Å². The second kappa shape index (κ2) is 8.48. The average Bonchev–Trinajstić information content (AvgIpc) is 3.17. The highest BCUT2D eigenvalue weighted by atomic mass is 35.5. The SMILES string of the molecule is Cc1ccccc1-n1nc(C(=O)Nc2ccc(Cl)c(Cl)c2)nc1-c1ccc(Cl)cc1. The fourth-order valence-corrected chi connectivity index (χ4v) is 3.35. The Labute approximate surface area is 188 Å². The first-order valence-electron chi connectivity index (χ1n) is 8.98.